The highest BCUT2D eigenvalue weighted by Gasteiger charge is 2.23. The number of nitro groups is 1. The molecule has 1 aromatic heterocycles. The van der Waals surface area contributed by atoms with E-state index in [9.17, 15) is 10.1 Å². The molecule has 0 saturated carbocycles. The standard InChI is InChI=1S/C15H19N5O4S/c1-9(2)24-14-12(20(21)22)6-11(7-13(14)23-4)8-16-19-10(3)17-18-15(19)25-5/h6-9H,1-5H3/b16-8-. The van der Waals surface area contributed by atoms with Crippen LogP contribution in [0.1, 0.15) is 25.2 Å². The molecule has 1 aromatic carbocycles. The first-order valence-electron chi connectivity index (χ1n) is 7.40. The fourth-order valence-corrected chi connectivity index (χ4v) is 2.52. The average molecular weight is 365 g/mol. The Morgan fingerprint density at radius 3 is 2.68 bits per heavy atom. The van der Waals surface area contributed by atoms with E-state index in [-0.39, 0.29) is 23.3 Å². The molecule has 0 spiro atoms. The Morgan fingerprint density at radius 2 is 2.12 bits per heavy atom. The van der Waals surface area contributed by atoms with Gasteiger partial charge in [-0.25, -0.2) is 0 Å². The number of nitro benzene ring substituents is 1. The summed E-state index contributed by atoms with van der Waals surface area (Å²) in [7, 11) is 1.43. The zero-order valence-electron chi connectivity index (χ0n) is 14.6. The number of aryl methyl sites for hydroxylation is 1. The maximum Gasteiger partial charge on any atom is 0.315 e. The summed E-state index contributed by atoms with van der Waals surface area (Å²) < 4.78 is 12.4. The molecule has 2 rings (SSSR count). The first kappa shape index (κ1) is 18.7. The molecule has 25 heavy (non-hydrogen) atoms. The van der Waals surface area contributed by atoms with E-state index in [1.54, 1.807) is 31.5 Å². The maximum atomic E-state index is 11.4. The van der Waals surface area contributed by atoms with Crippen LogP contribution in [0.25, 0.3) is 0 Å². The van der Waals surface area contributed by atoms with Crippen molar-refractivity contribution in [3.63, 3.8) is 0 Å². The van der Waals surface area contributed by atoms with E-state index in [0.717, 1.165) is 0 Å². The van der Waals surface area contributed by atoms with Gasteiger partial charge in [0.1, 0.15) is 0 Å². The fraction of sp³-hybridized carbons (Fsp3) is 0.400. The molecule has 0 aliphatic rings. The molecule has 0 saturated heterocycles. The molecular formula is C15H19N5O4S. The highest BCUT2D eigenvalue weighted by Crippen LogP contribution is 2.38. The molecule has 0 bridgehead atoms. The second-order valence-electron chi connectivity index (χ2n) is 5.29. The van der Waals surface area contributed by atoms with Gasteiger partial charge in [0, 0.05) is 11.6 Å². The largest absolute Gasteiger partial charge is 0.493 e. The van der Waals surface area contributed by atoms with E-state index in [1.807, 2.05) is 6.26 Å². The van der Waals surface area contributed by atoms with Gasteiger partial charge in [-0.3, -0.25) is 10.1 Å². The molecule has 0 unspecified atom stereocenters. The van der Waals surface area contributed by atoms with Crippen LogP contribution in [0.15, 0.2) is 22.4 Å². The predicted molar refractivity (Wildman–Crippen MR) is 94.9 cm³/mol. The van der Waals surface area contributed by atoms with Crippen LogP contribution < -0.4 is 9.47 Å². The topological polar surface area (TPSA) is 105 Å². The molecule has 0 amide bonds. The molecule has 2 aromatic rings. The highest BCUT2D eigenvalue weighted by molar-refractivity contribution is 7.98. The monoisotopic (exact) mass is 365 g/mol. The van der Waals surface area contributed by atoms with Crippen LogP contribution in [0.4, 0.5) is 5.69 Å². The Hall–Kier alpha value is -2.62. The van der Waals surface area contributed by atoms with E-state index >= 15 is 0 Å². The Morgan fingerprint density at radius 1 is 1.40 bits per heavy atom. The van der Waals surface area contributed by atoms with Gasteiger partial charge in [0.15, 0.2) is 11.6 Å². The smallest absolute Gasteiger partial charge is 0.315 e. The molecular weight excluding hydrogens is 346 g/mol. The van der Waals surface area contributed by atoms with Crippen LogP contribution in [0.5, 0.6) is 11.5 Å². The molecule has 1 heterocycles. The van der Waals surface area contributed by atoms with Crippen molar-refractivity contribution in [3.8, 4) is 11.5 Å². The number of hydrogen-bond donors (Lipinski definition) is 0. The van der Waals surface area contributed by atoms with Crippen LogP contribution >= 0.6 is 11.8 Å². The first-order valence-corrected chi connectivity index (χ1v) is 8.63. The highest BCUT2D eigenvalue weighted by atomic mass is 32.2. The summed E-state index contributed by atoms with van der Waals surface area (Å²) in [5, 5.41) is 24.3. The van der Waals surface area contributed by atoms with Gasteiger partial charge < -0.3 is 9.47 Å². The predicted octanol–water partition coefficient (Wildman–Crippen LogP) is 2.89. The number of nitrogens with zero attached hydrogens (tertiary/aromatic N) is 5. The van der Waals surface area contributed by atoms with E-state index in [4.69, 9.17) is 9.47 Å². The molecule has 10 heteroatoms. The Bertz CT molecular complexity index is 803. The van der Waals surface area contributed by atoms with Gasteiger partial charge >= 0.3 is 5.69 Å². The summed E-state index contributed by atoms with van der Waals surface area (Å²) in [5.74, 6) is 0.988. The normalized spacial score (nSPS) is 11.3. The van der Waals surface area contributed by atoms with Gasteiger partial charge in [-0.05, 0) is 33.1 Å². The molecule has 0 atom stereocenters. The maximum absolute atomic E-state index is 11.4. The van der Waals surface area contributed by atoms with Crippen molar-refractivity contribution in [1.82, 2.24) is 14.9 Å². The van der Waals surface area contributed by atoms with Crippen molar-refractivity contribution in [1.29, 1.82) is 0 Å². The number of hydrogen-bond acceptors (Lipinski definition) is 8. The summed E-state index contributed by atoms with van der Waals surface area (Å²) in [6, 6.07) is 3.02. The third-order valence-electron chi connectivity index (χ3n) is 3.10. The minimum atomic E-state index is -0.505. The number of benzene rings is 1. The zero-order chi connectivity index (χ0) is 18.6. The lowest BCUT2D eigenvalue weighted by Gasteiger charge is -2.14. The minimum Gasteiger partial charge on any atom is -0.493 e. The lowest BCUT2D eigenvalue weighted by Crippen LogP contribution is -2.09. The van der Waals surface area contributed by atoms with Gasteiger partial charge in [0.25, 0.3) is 0 Å². The SMILES string of the molecule is COc1cc(/C=N\n2c(C)nnc2SC)cc([N+](=O)[O-])c1OC(C)C. The lowest BCUT2D eigenvalue weighted by molar-refractivity contribution is -0.386. The fourth-order valence-electron chi connectivity index (χ4n) is 2.05. The molecule has 134 valence electrons. The molecule has 0 aliphatic carbocycles. The number of ether oxygens (including phenoxy) is 2. The van der Waals surface area contributed by atoms with Crippen molar-refractivity contribution in [2.75, 3.05) is 13.4 Å². The average Bonchev–Trinajstić information content (AvgIpc) is 2.92. The van der Waals surface area contributed by atoms with E-state index in [2.05, 4.69) is 15.3 Å². The second-order valence-corrected chi connectivity index (χ2v) is 6.06. The minimum absolute atomic E-state index is 0.102. The van der Waals surface area contributed by atoms with Crippen LogP contribution in [0.3, 0.4) is 0 Å². The number of aromatic nitrogens is 3. The number of thioether (sulfide) groups is 1. The second kappa shape index (κ2) is 7.97. The summed E-state index contributed by atoms with van der Waals surface area (Å²) >= 11 is 1.40. The number of methoxy groups -OCH3 is 1. The Kier molecular flexibility index (Phi) is 5.97. The summed E-state index contributed by atoms with van der Waals surface area (Å²) in [5.41, 5.74) is 0.319. The molecule has 0 N–H and O–H groups in total. The van der Waals surface area contributed by atoms with Gasteiger partial charge in [-0.2, -0.15) is 9.78 Å². The quantitative estimate of drug-likeness (QED) is 0.321. The molecule has 0 aliphatic heterocycles. The van der Waals surface area contributed by atoms with Crippen molar-refractivity contribution >= 4 is 23.7 Å². The van der Waals surface area contributed by atoms with Crippen molar-refractivity contribution < 1.29 is 14.4 Å². The summed E-state index contributed by atoms with van der Waals surface area (Å²) in [4.78, 5) is 10.9. The van der Waals surface area contributed by atoms with Crippen LogP contribution in [-0.4, -0.2) is 45.5 Å². The van der Waals surface area contributed by atoms with Crippen LogP contribution in [0, 0.1) is 17.0 Å². The lowest BCUT2D eigenvalue weighted by atomic mass is 10.2. The van der Waals surface area contributed by atoms with Gasteiger partial charge in [0.2, 0.25) is 10.9 Å². The summed E-state index contributed by atoms with van der Waals surface area (Å²) in [6.45, 7) is 5.35. The van der Waals surface area contributed by atoms with Crippen molar-refractivity contribution in [2.45, 2.75) is 32.0 Å². The van der Waals surface area contributed by atoms with Crippen LogP contribution in [-0.2, 0) is 0 Å². The third-order valence-corrected chi connectivity index (χ3v) is 3.72. The van der Waals surface area contributed by atoms with Gasteiger partial charge in [0.05, 0.1) is 24.4 Å². The van der Waals surface area contributed by atoms with Gasteiger partial charge in [-0.1, -0.05) is 11.8 Å². The molecule has 9 nitrogen and oxygen atoms in total. The summed E-state index contributed by atoms with van der Waals surface area (Å²) in [6.07, 6.45) is 3.13. The molecule has 0 radical (unpaired) electrons. The van der Waals surface area contributed by atoms with E-state index in [1.165, 1.54) is 31.2 Å². The third kappa shape index (κ3) is 4.27. The molecule has 0 fully saturated rings. The van der Waals surface area contributed by atoms with Crippen molar-refractivity contribution in [2.24, 2.45) is 5.10 Å². The van der Waals surface area contributed by atoms with E-state index < -0.39 is 4.92 Å². The Balaban J connectivity index is 2.48. The van der Waals surface area contributed by atoms with Gasteiger partial charge in [-0.15, -0.1) is 10.2 Å². The first-order chi connectivity index (χ1) is 11.9. The number of rotatable bonds is 7. The van der Waals surface area contributed by atoms with E-state index in [0.29, 0.717) is 16.5 Å². The zero-order valence-corrected chi connectivity index (χ0v) is 15.4. The van der Waals surface area contributed by atoms with Crippen LogP contribution in [0.2, 0.25) is 0 Å². The van der Waals surface area contributed by atoms with Crippen molar-refractivity contribution in [3.05, 3.63) is 33.6 Å². The Labute approximate surface area is 149 Å².